The Morgan fingerprint density at radius 2 is 2.17 bits per heavy atom. The van der Waals surface area contributed by atoms with Crippen LogP contribution in [0.1, 0.15) is 12.8 Å². The van der Waals surface area contributed by atoms with Crippen LogP contribution in [0.5, 0.6) is 5.75 Å². The molecule has 5 nitrogen and oxygen atoms in total. The molecule has 0 radical (unpaired) electrons. The molecule has 1 unspecified atom stereocenters. The lowest BCUT2D eigenvalue weighted by molar-refractivity contribution is -0.274. The zero-order valence-electron chi connectivity index (χ0n) is 12.7. The number of nitrogens with one attached hydrogen (secondary N) is 1. The van der Waals surface area contributed by atoms with Crippen molar-refractivity contribution < 1.29 is 22.6 Å². The van der Waals surface area contributed by atoms with E-state index in [1.807, 2.05) is 0 Å². The number of halogens is 3. The van der Waals surface area contributed by atoms with Gasteiger partial charge in [-0.3, -0.25) is 0 Å². The molecule has 24 heavy (non-hydrogen) atoms. The average Bonchev–Trinajstić information content (AvgIpc) is 3.05. The standard InChI is InChI=1S/C16H16F3N3O2/c17-16(18,19)24-12-4-1-3-11(9-12)15-20-7-6-14(22-15)21-10-13-5-2-8-23-13/h1,3-4,6-7,9,13H,2,5,8,10H2,(H,20,21,22). The summed E-state index contributed by atoms with van der Waals surface area (Å²) < 4.78 is 46.4. The summed E-state index contributed by atoms with van der Waals surface area (Å²) >= 11 is 0. The molecule has 0 amide bonds. The maximum Gasteiger partial charge on any atom is 0.573 e. The van der Waals surface area contributed by atoms with Crippen LogP contribution in [0.2, 0.25) is 0 Å². The quantitative estimate of drug-likeness (QED) is 0.901. The largest absolute Gasteiger partial charge is 0.573 e. The van der Waals surface area contributed by atoms with Crippen LogP contribution in [0.4, 0.5) is 19.0 Å². The lowest BCUT2D eigenvalue weighted by Gasteiger charge is -2.12. The Bertz CT molecular complexity index is 688. The summed E-state index contributed by atoms with van der Waals surface area (Å²) in [4.78, 5) is 8.43. The van der Waals surface area contributed by atoms with Crippen molar-refractivity contribution in [3.8, 4) is 17.1 Å². The predicted molar refractivity (Wildman–Crippen MR) is 81.6 cm³/mol. The normalized spacial score (nSPS) is 17.7. The molecule has 8 heteroatoms. The molecule has 2 heterocycles. The minimum Gasteiger partial charge on any atom is -0.406 e. The third-order valence-electron chi connectivity index (χ3n) is 3.52. The van der Waals surface area contributed by atoms with E-state index in [-0.39, 0.29) is 11.9 Å². The van der Waals surface area contributed by atoms with Gasteiger partial charge in [0.15, 0.2) is 5.82 Å². The minimum atomic E-state index is -4.73. The highest BCUT2D eigenvalue weighted by Gasteiger charge is 2.31. The third kappa shape index (κ3) is 4.58. The van der Waals surface area contributed by atoms with E-state index in [0.29, 0.717) is 23.8 Å². The highest BCUT2D eigenvalue weighted by atomic mass is 19.4. The molecule has 0 spiro atoms. The molecule has 0 bridgehead atoms. The van der Waals surface area contributed by atoms with Crippen molar-refractivity contribution in [2.24, 2.45) is 0 Å². The van der Waals surface area contributed by atoms with E-state index < -0.39 is 6.36 Å². The molecular formula is C16H16F3N3O2. The second kappa shape index (κ2) is 7.04. The molecule has 2 aromatic rings. The van der Waals surface area contributed by atoms with Crippen LogP contribution in [0, 0.1) is 0 Å². The fourth-order valence-electron chi connectivity index (χ4n) is 2.45. The van der Waals surface area contributed by atoms with Gasteiger partial charge in [0.05, 0.1) is 6.10 Å². The summed E-state index contributed by atoms with van der Waals surface area (Å²) in [6, 6.07) is 7.28. The van der Waals surface area contributed by atoms with E-state index in [0.717, 1.165) is 19.4 Å². The van der Waals surface area contributed by atoms with Crippen LogP contribution in [-0.4, -0.2) is 35.6 Å². The van der Waals surface area contributed by atoms with Gasteiger partial charge < -0.3 is 14.8 Å². The topological polar surface area (TPSA) is 56.3 Å². The predicted octanol–water partition coefficient (Wildman–Crippen LogP) is 3.63. The highest BCUT2D eigenvalue weighted by molar-refractivity contribution is 5.59. The number of benzene rings is 1. The number of nitrogens with zero attached hydrogens (tertiary/aromatic N) is 2. The van der Waals surface area contributed by atoms with Crippen LogP contribution in [0.3, 0.4) is 0 Å². The van der Waals surface area contributed by atoms with Gasteiger partial charge in [-0.05, 0) is 31.0 Å². The Morgan fingerprint density at radius 3 is 2.92 bits per heavy atom. The molecule has 0 saturated carbocycles. The summed E-state index contributed by atoms with van der Waals surface area (Å²) in [5.74, 6) is 0.610. The highest BCUT2D eigenvalue weighted by Crippen LogP contribution is 2.26. The number of ether oxygens (including phenoxy) is 2. The van der Waals surface area contributed by atoms with Crippen molar-refractivity contribution in [3.05, 3.63) is 36.5 Å². The summed E-state index contributed by atoms with van der Waals surface area (Å²) in [7, 11) is 0. The maximum atomic E-state index is 12.3. The van der Waals surface area contributed by atoms with Gasteiger partial charge in [0.2, 0.25) is 0 Å². The maximum absolute atomic E-state index is 12.3. The van der Waals surface area contributed by atoms with Crippen LogP contribution >= 0.6 is 0 Å². The van der Waals surface area contributed by atoms with Gasteiger partial charge in [-0.2, -0.15) is 0 Å². The first-order chi connectivity index (χ1) is 11.5. The molecule has 1 aromatic heterocycles. The van der Waals surface area contributed by atoms with E-state index in [2.05, 4.69) is 20.0 Å². The van der Waals surface area contributed by atoms with Crippen molar-refractivity contribution in [1.82, 2.24) is 9.97 Å². The van der Waals surface area contributed by atoms with Gasteiger partial charge in [-0.1, -0.05) is 12.1 Å². The van der Waals surface area contributed by atoms with E-state index in [9.17, 15) is 13.2 Å². The van der Waals surface area contributed by atoms with Gasteiger partial charge in [0, 0.05) is 24.9 Å². The first-order valence-corrected chi connectivity index (χ1v) is 7.54. The molecule has 1 aromatic carbocycles. The number of hydrogen-bond acceptors (Lipinski definition) is 5. The molecule has 0 aliphatic carbocycles. The summed E-state index contributed by atoms with van der Waals surface area (Å²) in [6.45, 7) is 1.40. The van der Waals surface area contributed by atoms with E-state index >= 15 is 0 Å². The molecule has 1 atom stereocenters. The van der Waals surface area contributed by atoms with Gasteiger partial charge in [-0.25, -0.2) is 9.97 Å². The van der Waals surface area contributed by atoms with E-state index in [4.69, 9.17) is 4.74 Å². The second-order valence-corrected chi connectivity index (χ2v) is 5.36. The molecule has 3 rings (SSSR count). The fourth-order valence-corrected chi connectivity index (χ4v) is 2.45. The molecule has 1 N–H and O–H groups in total. The first-order valence-electron chi connectivity index (χ1n) is 7.54. The summed E-state index contributed by atoms with van der Waals surface area (Å²) in [5, 5.41) is 3.16. The lowest BCUT2D eigenvalue weighted by Crippen LogP contribution is -2.19. The Labute approximate surface area is 136 Å². The van der Waals surface area contributed by atoms with Crippen LogP contribution in [-0.2, 0) is 4.74 Å². The van der Waals surface area contributed by atoms with Crippen molar-refractivity contribution in [2.45, 2.75) is 25.3 Å². The monoisotopic (exact) mass is 339 g/mol. The van der Waals surface area contributed by atoms with Crippen molar-refractivity contribution in [3.63, 3.8) is 0 Å². The fraction of sp³-hybridized carbons (Fsp3) is 0.375. The molecule has 128 valence electrons. The zero-order chi connectivity index (χ0) is 17.0. The number of aromatic nitrogens is 2. The van der Waals surface area contributed by atoms with Gasteiger partial charge in [0.25, 0.3) is 0 Å². The SMILES string of the molecule is FC(F)(F)Oc1cccc(-c2nccc(NCC3CCCO3)n2)c1. The van der Waals surface area contributed by atoms with E-state index in [1.165, 1.54) is 18.2 Å². The van der Waals surface area contributed by atoms with Gasteiger partial charge in [0.1, 0.15) is 11.6 Å². The van der Waals surface area contributed by atoms with Crippen LogP contribution in [0.25, 0.3) is 11.4 Å². The van der Waals surface area contributed by atoms with Crippen molar-refractivity contribution >= 4 is 5.82 Å². The van der Waals surface area contributed by atoms with Crippen molar-refractivity contribution in [1.29, 1.82) is 0 Å². The number of hydrogen-bond donors (Lipinski definition) is 1. The molecule has 1 aliphatic rings. The molecule has 1 saturated heterocycles. The van der Waals surface area contributed by atoms with Gasteiger partial charge >= 0.3 is 6.36 Å². The van der Waals surface area contributed by atoms with E-state index in [1.54, 1.807) is 18.3 Å². The minimum absolute atomic E-state index is 0.159. The second-order valence-electron chi connectivity index (χ2n) is 5.36. The third-order valence-corrected chi connectivity index (χ3v) is 3.52. The first kappa shape index (κ1) is 16.5. The lowest BCUT2D eigenvalue weighted by atomic mass is 10.2. The molecule has 1 aliphatic heterocycles. The Hall–Kier alpha value is -2.35. The van der Waals surface area contributed by atoms with Crippen LogP contribution < -0.4 is 10.1 Å². The molecule has 1 fully saturated rings. The van der Waals surface area contributed by atoms with Gasteiger partial charge in [-0.15, -0.1) is 13.2 Å². The summed E-state index contributed by atoms with van der Waals surface area (Å²) in [5.41, 5.74) is 0.442. The zero-order valence-corrected chi connectivity index (χ0v) is 12.7. The Morgan fingerprint density at radius 1 is 1.29 bits per heavy atom. The number of alkyl halides is 3. The summed E-state index contributed by atoms with van der Waals surface area (Å²) in [6.07, 6.45) is -0.969. The number of anilines is 1. The Kier molecular flexibility index (Phi) is 4.84. The molecular weight excluding hydrogens is 323 g/mol. The van der Waals surface area contributed by atoms with Crippen molar-refractivity contribution in [2.75, 3.05) is 18.5 Å². The smallest absolute Gasteiger partial charge is 0.406 e. The van der Waals surface area contributed by atoms with Crippen LogP contribution in [0.15, 0.2) is 36.5 Å². The number of rotatable bonds is 5. The average molecular weight is 339 g/mol. The Balaban J connectivity index is 1.72.